The van der Waals surface area contributed by atoms with Gasteiger partial charge in [-0.25, -0.2) is 18.2 Å². The number of rotatable bonds is 9. The van der Waals surface area contributed by atoms with Gasteiger partial charge in [-0.3, -0.25) is 4.79 Å². The first kappa shape index (κ1) is 34.1. The molecule has 1 unspecified atom stereocenters. The fraction of sp³-hybridized carbons (Fsp3) is 0.278. The number of anilines is 2. The lowest BCUT2D eigenvalue weighted by Crippen LogP contribution is -2.53. The highest BCUT2D eigenvalue weighted by Crippen LogP contribution is 2.52. The number of piperazine rings is 1. The number of nitrogens with zero attached hydrogens (tertiary/aromatic N) is 5. The minimum atomic E-state index is -4.73. The molecule has 0 aliphatic carbocycles. The van der Waals surface area contributed by atoms with Gasteiger partial charge in [-0.15, -0.1) is 0 Å². The van der Waals surface area contributed by atoms with E-state index in [1.807, 2.05) is 30.0 Å². The molecule has 258 valence electrons. The first-order chi connectivity index (χ1) is 24.1. The van der Waals surface area contributed by atoms with Crippen molar-refractivity contribution in [1.29, 1.82) is 5.26 Å². The summed E-state index contributed by atoms with van der Waals surface area (Å²) in [5.74, 6) is 0.140. The molecule has 2 aliphatic rings. The standard InChI is InChI=1S/C36H35N5O8S/c1-5-48-30-11-7-6-10-27(30)36(49-35(43)40-19-17-39(18-20-40)33-12-8-9-24(2)38-33)28-21-25(23-37)13-15-29(28)41(34(36)42)50(44,45)32-16-14-26(46-3)22-31(32)47-4/h6-16,21-22H,5,17-20H2,1-4H3. The predicted molar refractivity (Wildman–Crippen MR) is 183 cm³/mol. The third kappa shape index (κ3) is 5.79. The van der Waals surface area contributed by atoms with E-state index >= 15 is 4.79 Å². The molecule has 0 N–H and O–H groups in total. The normalized spacial score (nSPS) is 17.2. The lowest BCUT2D eigenvalue weighted by molar-refractivity contribution is -0.132. The monoisotopic (exact) mass is 697 g/mol. The lowest BCUT2D eigenvalue weighted by Gasteiger charge is -2.37. The molecule has 14 heteroatoms. The van der Waals surface area contributed by atoms with Crippen molar-refractivity contribution in [2.45, 2.75) is 24.3 Å². The van der Waals surface area contributed by atoms with E-state index in [1.165, 1.54) is 55.5 Å². The molecular formula is C36H35N5O8S. The largest absolute Gasteiger partial charge is 0.497 e. The van der Waals surface area contributed by atoms with Crippen LogP contribution in [-0.4, -0.2) is 77.3 Å². The summed E-state index contributed by atoms with van der Waals surface area (Å²) in [6.45, 7) is 5.20. The number of carbonyl (C=O) groups excluding carboxylic acids is 2. The zero-order valence-corrected chi connectivity index (χ0v) is 28.8. The van der Waals surface area contributed by atoms with E-state index in [2.05, 4.69) is 11.1 Å². The summed E-state index contributed by atoms with van der Waals surface area (Å²) in [7, 11) is -2.01. The van der Waals surface area contributed by atoms with E-state index in [4.69, 9.17) is 18.9 Å². The maximum atomic E-state index is 15.1. The van der Waals surface area contributed by atoms with E-state index in [-0.39, 0.29) is 58.5 Å². The van der Waals surface area contributed by atoms with Gasteiger partial charge < -0.3 is 28.7 Å². The molecule has 2 amide bonds. The van der Waals surface area contributed by atoms with Gasteiger partial charge in [-0.05, 0) is 62.4 Å². The second-order valence-electron chi connectivity index (χ2n) is 11.5. The number of para-hydroxylation sites is 1. The van der Waals surface area contributed by atoms with Crippen LogP contribution in [0.25, 0.3) is 0 Å². The molecule has 1 aromatic heterocycles. The van der Waals surface area contributed by atoms with Crippen LogP contribution in [0.15, 0.2) is 83.8 Å². The van der Waals surface area contributed by atoms with E-state index in [0.717, 1.165) is 11.5 Å². The number of aromatic nitrogens is 1. The Labute approximate surface area is 290 Å². The van der Waals surface area contributed by atoms with Crippen LogP contribution < -0.4 is 23.4 Å². The highest BCUT2D eigenvalue weighted by molar-refractivity contribution is 7.93. The summed E-state index contributed by atoms with van der Waals surface area (Å²) >= 11 is 0. The highest BCUT2D eigenvalue weighted by atomic mass is 32.2. The number of amides is 2. The first-order valence-electron chi connectivity index (χ1n) is 15.8. The van der Waals surface area contributed by atoms with Gasteiger partial charge in [0.05, 0.1) is 43.7 Å². The number of hydrogen-bond acceptors (Lipinski definition) is 11. The first-order valence-corrected chi connectivity index (χ1v) is 17.3. The van der Waals surface area contributed by atoms with Crippen LogP contribution in [0.4, 0.5) is 16.3 Å². The number of ether oxygens (including phenoxy) is 4. The quantitative estimate of drug-likeness (QED) is 0.241. The molecule has 1 fully saturated rings. The maximum Gasteiger partial charge on any atom is 0.411 e. The SMILES string of the molecule is CCOc1ccccc1C1(OC(=O)N2CCN(c3cccc(C)n3)CC2)C(=O)N(S(=O)(=O)c2ccc(OC)cc2OC)c2ccc(C#N)cc21. The molecule has 0 saturated carbocycles. The van der Waals surface area contributed by atoms with Crippen molar-refractivity contribution in [2.24, 2.45) is 0 Å². The number of carbonyl (C=O) groups is 2. The highest BCUT2D eigenvalue weighted by Gasteiger charge is 2.61. The van der Waals surface area contributed by atoms with Crippen molar-refractivity contribution in [3.8, 4) is 23.3 Å². The Kier molecular flexibility index (Phi) is 9.27. The number of pyridine rings is 1. The van der Waals surface area contributed by atoms with Crippen LogP contribution in [0.3, 0.4) is 0 Å². The van der Waals surface area contributed by atoms with Gasteiger partial charge >= 0.3 is 6.09 Å². The molecule has 3 aromatic carbocycles. The molecule has 0 radical (unpaired) electrons. The van der Waals surface area contributed by atoms with Gasteiger partial charge in [-0.1, -0.05) is 24.3 Å². The second kappa shape index (κ2) is 13.6. The third-order valence-corrected chi connectivity index (χ3v) is 10.4. The van der Waals surface area contributed by atoms with E-state index in [0.29, 0.717) is 23.1 Å². The van der Waals surface area contributed by atoms with Gasteiger partial charge in [0, 0.05) is 43.5 Å². The van der Waals surface area contributed by atoms with Crippen molar-refractivity contribution < 1.29 is 37.0 Å². The molecular weight excluding hydrogens is 662 g/mol. The fourth-order valence-corrected chi connectivity index (χ4v) is 7.83. The van der Waals surface area contributed by atoms with Crippen molar-refractivity contribution >= 4 is 33.5 Å². The molecule has 6 rings (SSSR count). The van der Waals surface area contributed by atoms with Gasteiger partial charge in [0.2, 0.25) is 5.60 Å². The van der Waals surface area contributed by atoms with Crippen molar-refractivity contribution in [3.63, 3.8) is 0 Å². The zero-order valence-electron chi connectivity index (χ0n) is 28.0. The van der Waals surface area contributed by atoms with Gasteiger partial charge in [0.25, 0.3) is 15.9 Å². The summed E-state index contributed by atoms with van der Waals surface area (Å²) in [6.07, 6.45) is -0.851. The molecule has 13 nitrogen and oxygen atoms in total. The molecule has 1 atom stereocenters. The van der Waals surface area contributed by atoms with E-state index in [1.54, 1.807) is 31.2 Å². The Balaban J connectivity index is 1.48. The van der Waals surface area contributed by atoms with Crippen LogP contribution in [0.2, 0.25) is 0 Å². The molecule has 0 spiro atoms. The van der Waals surface area contributed by atoms with Gasteiger partial charge in [0.1, 0.15) is 28.0 Å². The predicted octanol–water partition coefficient (Wildman–Crippen LogP) is 4.62. The van der Waals surface area contributed by atoms with Crippen LogP contribution in [-0.2, 0) is 25.2 Å². The number of sulfonamides is 1. The average Bonchev–Trinajstić information content (AvgIpc) is 3.38. The molecule has 1 saturated heterocycles. The second-order valence-corrected chi connectivity index (χ2v) is 13.3. The van der Waals surface area contributed by atoms with Crippen LogP contribution in [0, 0.1) is 18.3 Å². The number of benzene rings is 3. The Morgan fingerprint density at radius 3 is 2.36 bits per heavy atom. The summed E-state index contributed by atoms with van der Waals surface area (Å²) in [5, 5.41) is 9.91. The topological polar surface area (TPSA) is 152 Å². The molecule has 2 aliphatic heterocycles. The number of nitriles is 1. The summed E-state index contributed by atoms with van der Waals surface area (Å²) in [4.78, 5) is 37.1. The summed E-state index contributed by atoms with van der Waals surface area (Å²) in [5.41, 5.74) is -1.40. The summed E-state index contributed by atoms with van der Waals surface area (Å²) in [6, 6.07) is 22.4. The number of aryl methyl sites for hydroxylation is 1. The van der Waals surface area contributed by atoms with Gasteiger partial charge in [-0.2, -0.15) is 9.57 Å². The van der Waals surface area contributed by atoms with Crippen LogP contribution in [0.5, 0.6) is 17.2 Å². The van der Waals surface area contributed by atoms with Crippen molar-refractivity contribution in [1.82, 2.24) is 9.88 Å². The summed E-state index contributed by atoms with van der Waals surface area (Å²) < 4.78 is 52.7. The Hall–Kier alpha value is -5.81. The van der Waals surface area contributed by atoms with E-state index in [9.17, 15) is 18.5 Å². The maximum absolute atomic E-state index is 15.1. The molecule has 3 heterocycles. The van der Waals surface area contributed by atoms with Crippen LogP contribution >= 0.6 is 0 Å². The minimum Gasteiger partial charge on any atom is -0.497 e. The fourth-order valence-electron chi connectivity index (χ4n) is 6.23. The van der Waals surface area contributed by atoms with Crippen molar-refractivity contribution in [3.05, 3.63) is 101 Å². The average molecular weight is 698 g/mol. The molecule has 50 heavy (non-hydrogen) atoms. The Morgan fingerprint density at radius 2 is 1.68 bits per heavy atom. The van der Waals surface area contributed by atoms with E-state index < -0.39 is 27.6 Å². The zero-order chi connectivity index (χ0) is 35.6. The minimum absolute atomic E-state index is 0.0132. The Morgan fingerprint density at radius 1 is 0.920 bits per heavy atom. The van der Waals surface area contributed by atoms with Crippen molar-refractivity contribution in [2.75, 3.05) is 56.2 Å². The van der Waals surface area contributed by atoms with Gasteiger partial charge in [0.15, 0.2) is 0 Å². The number of fused-ring (bicyclic) bond motifs is 1. The molecule has 0 bridgehead atoms. The number of methoxy groups -OCH3 is 2. The number of hydrogen-bond donors (Lipinski definition) is 0. The third-order valence-electron chi connectivity index (χ3n) is 8.64. The Bertz CT molecular complexity index is 2110. The smallest absolute Gasteiger partial charge is 0.411 e. The molecule has 4 aromatic rings. The lowest BCUT2D eigenvalue weighted by atomic mass is 9.85. The van der Waals surface area contributed by atoms with Crippen LogP contribution in [0.1, 0.15) is 29.3 Å².